The van der Waals surface area contributed by atoms with E-state index in [2.05, 4.69) is 5.43 Å². The van der Waals surface area contributed by atoms with E-state index in [1.165, 1.54) is 18.2 Å². The highest BCUT2D eigenvalue weighted by atomic mass is 32.2. The second-order valence-corrected chi connectivity index (χ2v) is 5.03. The summed E-state index contributed by atoms with van der Waals surface area (Å²) in [6.45, 7) is 0. The number of hydrogen-bond acceptors (Lipinski definition) is 5. The molecule has 0 atom stereocenters. The molecule has 4 N–H and O–H groups in total. The van der Waals surface area contributed by atoms with Gasteiger partial charge in [0, 0.05) is 5.56 Å². The number of nitrogens with two attached hydrogens (primary N) is 1. The van der Waals surface area contributed by atoms with Gasteiger partial charge in [-0.1, -0.05) is 42.5 Å². The predicted octanol–water partition coefficient (Wildman–Crippen LogP) is 1.72. The molecule has 0 aliphatic rings. The van der Waals surface area contributed by atoms with Crippen LogP contribution < -0.4 is 11.3 Å². The van der Waals surface area contributed by atoms with Gasteiger partial charge in [-0.3, -0.25) is 15.2 Å². The van der Waals surface area contributed by atoms with Gasteiger partial charge in [0.2, 0.25) is 0 Å². The summed E-state index contributed by atoms with van der Waals surface area (Å²) < 4.78 is 30.0. The van der Waals surface area contributed by atoms with Gasteiger partial charge in [-0.15, -0.1) is 0 Å². The Balaban J connectivity index is 0.000000217. The monoisotopic (exact) mass is 294 g/mol. The number of carbonyl (C=O) groups is 1. The lowest BCUT2D eigenvalue weighted by molar-refractivity contribution is 0.112. The topological polar surface area (TPSA) is 109 Å². The molecule has 0 fully saturated rings. The van der Waals surface area contributed by atoms with E-state index in [0.29, 0.717) is 0 Å². The highest BCUT2D eigenvalue weighted by molar-refractivity contribution is 7.86. The average Bonchev–Trinajstić information content (AvgIpc) is 2.48. The zero-order valence-corrected chi connectivity index (χ0v) is 11.2. The lowest BCUT2D eigenvalue weighted by Crippen LogP contribution is -2.11. The summed E-state index contributed by atoms with van der Waals surface area (Å²) in [5, 5.41) is 0. The number of carbonyl (C=O) groups excluding carboxylic acids is 1. The van der Waals surface area contributed by atoms with Crippen molar-refractivity contribution in [3.8, 4) is 0 Å². The highest BCUT2D eigenvalue weighted by Crippen LogP contribution is 2.18. The molecular weight excluding hydrogens is 280 g/mol. The van der Waals surface area contributed by atoms with Gasteiger partial charge >= 0.3 is 0 Å². The maximum atomic E-state index is 10.7. The van der Waals surface area contributed by atoms with Crippen LogP contribution in [-0.2, 0) is 10.1 Å². The number of hydrazine groups is 1. The second-order valence-electron chi connectivity index (χ2n) is 3.64. The van der Waals surface area contributed by atoms with E-state index in [-0.39, 0.29) is 10.6 Å². The molecule has 6 nitrogen and oxygen atoms in total. The smallest absolute Gasteiger partial charge is 0.296 e. The first-order valence-electron chi connectivity index (χ1n) is 5.52. The zero-order valence-electron chi connectivity index (χ0n) is 10.4. The number of nitrogen functional groups attached to an aromatic ring is 1. The molecule has 0 unspecified atom stereocenters. The molecule has 2 aromatic carbocycles. The summed E-state index contributed by atoms with van der Waals surface area (Å²) >= 11 is 0. The van der Waals surface area contributed by atoms with Gasteiger partial charge in [0.15, 0.2) is 0 Å². The number of rotatable bonds is 3. The molecule has 0 amide bonds. The van der Waals surface area contributed by atoms with Crippen molar-refractivity contribution in [3.05, 3.63) is 60.2 Å². The van der Waals surface area contributed by atoms with Crippen molar-refractivity contribution in [1.29, 1.82) is 0 Å². The maximum absolute atomic E-state index is 10.7. The molecule has 20 heavy (non-hydrogen) atoms. The molecule has 0 aliphatic carbocycles. The quantitative estimate of drug-likeness (QED) is 0.344. The van der Waals surface area contributed by atoms with Crippen molar-refractivity contribution < 1.29 is 17.8 Å². The second kappa shape index (κ2) is 7.39. The van der Waals surface area contributed by atoms with E-state index >= 15 is 0 Å². The van der Waals surface area contributed by atoms with Crippen LogP contribution in [0.3, 0.4) is 0 Å². The van der Waals surface area contributed by atoms with E-state index in [4.69, 9.17) is 10.4 Å². The molecule has 0 radical (unpaired) electrons. The van der Waals surface area contributed by atoms with Gasteiger partial charge in [0.25, 0.3) is 10.1 Å². The van der Waals surface area contributed by atoms with Gasteiger partial charge in [-0.2, -0.15) is 8.42 Å². The Labute approximate surface area is 117 Å². The number of benzene rings is 2. The fourth-order valence-corrected chi connectivity index (χ4v) is 2.00. The van der Waals surface area contributed by atoms with Crippen molar-refractivity contribution in [2.75, 3.05) is 5.43 Å². The Morgan fingerprint density at radius 1 is 1.00 bits per heavy atom. The molecular formula is C13H14N2O4S. The molecule has 106 valence electrons. The van der Waals surface area contributed by atoms with Crippen LogP contribution in [0.4, 0.5) is 5.69 Å². The lowest BCUT2D eigenvalue weighted by atomic mass is 10.2. The minimum atomic E-state index is -4.19. The Bertz CT molecular complexity index is 657. The van der Waals surface area contributed by atoms with Gasteiger partial charge in [0.05, 0.1) is 5.69 Å². The standard InChI is InChI=1S/C7H6O.C6H8N2O3S/c8-6-7-4-2-1-3-5-7;7-8-5-3-1-2-4-6(5)12(9,10)11/h1-6H;1-4,8H,7H2,(H,9,10,11). The number of anilines is 1. The lowest BCUT2D eigenvalue weighted by Gasteiger charge is -2.03. The third kappa shape index (κ3) is 4.81. The van der Waals surface area contributed by atoms with Crippen LogP contribution in [0.5, 0.6) is 0 Å². The molecule has 0 heterocycles. The molecule has 2 aromatic rings. The summed E-state index contributed by atoms with van der Waals surface area (Å²) in [5.41, 5.74) is 3.06. The number of hydrogen-bond donors (Lipinski definition) is 3. The minimum absolute atomic E-state index is 0.167. The highest BCUT2D eigenvalue weighted by Gasteiger charge is 2.13. The molecule has 0 spiro atoms. The van der Waals surface area contributed by atoms with Gasteiger partial charge in [-0.25, -0.2) is 0 Å². The number of aldehydes is 1. The van der Waals surface area contributed by atoms with Crippen LogP contribution in [-0.4, -0.2) is 19.3 Å². The van der Waals surface area contributed by atoms with Crippen molar-refractivity contribution in [1.82, 2.24) is 0 Å². The van der Waals surface area contributed by atoms with E-state index in [1.54, 1.807) is 18.2 Å². The summed E-state index contributed by atoms with van der Waals surface area (Å²) in [6.07, 6.45) is 0.833. The summed E-state index contributed by atoms with van der Waals surface area (Å²) in [5.74, 6) is 5.02. The first kappa shape index (κ1) is 15.8. The van der Waals surface area contributed by atoms with Crippen LogP contribution in [0, 0.1) is 0 Å². The van der Waals surface area contributed by atoms with Crippen molar-refractivity contribution in [3.63, 3.8) is 0 Å². The summed E-state index contributed by atoms with van der Waals surface area (Å²) in [6, 6.07) is 14.9. The number of nitrogens with one attached hydrogen (secondary N) is 1. The van der Waals surface area contributed by atoms with Gasteiger partial charge in [-0.05, 0) is 12.1 Å². The summed E-state index contributed by atoms with van der Waals surface area (Å²) in [7, 11) is -4.19. The fourth-order valence-electron chi connectivity index (χ4n) is 1.34. The van der Waals surface area contributed by atoms with Crippen molar-refractivity contribution >= 4 is 22.1 Å². The maximum Gasteiger partial charge on any atom is 0.296 e. The third-order valence-corrected chi connectivity index (χ3v) is 3.17. The van der Waals surface area contributed by atoms with Gasteiger partial charge < -0.3 is 5.43 Å². The molecule has 7 heteroatoms. The minimum Gasteiger partial charge on any atom is -0.323 e. The van der Waals surface area contributed by atoms with Crippen molar-refractivity contribution in [2.45, 2.75) is 4.90 Å². The largest absolute Gasteiger partial charge is 0.323 e. The van der Waals surface area contributed by atoms with Crippen LogP contribution in [0.2, 0.25) is 0 Å². The van der Waals surface area contributed by atoms with Crippen molar-refractivity contribution in [2.24, 2.45) is 5.84 Å². The normalized spacial score (nSPS) is 10.1. The molecule has 0 saturated carbocycles. The van der Waals surface area contributed by atoms with Crippen LogP contribution in [0.25, 0.3) is 0 Å². The first-order chi connectivity index (χ1) is 9.49. The fraction of sp³-hybridized carbons (Fsp3) is 0. The Hall–Kier alpha value is -2.22. The Kier molecular flexibility index (Phi) is 5.85. The number of para-hydroxylation sites is 1. The molecule has 0 aliphatic heterocycles. The molecule has 2 rings (SSSR count). The van der Waals surface area contributed by atoms with Crippen LogP contribution in [0.1, 0.15) is 10.4 Å². The molecule has 0 saturated heterocycles. The third-order valence-electron chi connectivity index (χ3n) is 2.26. The average molecular weight is 294 g/mol. The SMILES string of the molecule is NNc1ccccc1S(=O)(=O)O.O=Cc1ccccc1. The Morgan fingerprint density at radius 2 is 1.55 bits per heavy atom. The van der Waals surface area contributed by atoms with Crippen LogP contribution >= 0.6 is 0 Å². The van der Waals surface area contributed by atoms with E-state index in [1.807, 2.05) is 18.2 Å². The Morgan fingerprint density at radius 3 is 1.95 bits per heavy atom. The zero-order chi connectivity index (χ0) is 15.0. The van der Waals surface area contributed by atoms with Gasteiger partial charge in [0.1, 0.15) is 11.2 Å². The summed E-state index contributed by atoms with van der Waals surface area (Å²) in [4.78, 5) is 9.78. The van der Waals surface area contributed by atoms with E-state index < -0.39 is 10.1 Å². The molecule has 0 bridgehead atoms. The van der Waals surface area contributed by atoms with E-state index in [0.717, 1.165) is 11.8 Å². The first-order valence-corrected chi connectivity index (χ1v) is 6.96. The predicted molar refractivity (Wildman–Crippen MR) is 75.9 cm³/mol. The van der Waals surface area contributed by atoms with Crippen LogP contribution in [0.15, 0.2) is 59.5 Å². The molecule has 0 aromatic heterocycles. The van der Waals surface area contributed by atoms with E-state index in [9.17, 15) is 13.2 Å².